The second-order valence-corrected chi connectivity index (χ2v) is 5.56. The number of rotatable bonds is 6. The fraction of sp³-hybridized carbons (Fsp3) is 0.412. The summed E-state index contributed by atoms with van der Waals surface area (Å²) in [5.74, 6) is -1.13. The molecule has 0 saturated heterocycles. The van der Waals surface area contributed by atoms with Crippen LogP contribution < -0.4 is 0 Å². The standard InChI is InChI=1S/C17H20O6/c1-11(9-13-3-2-4-16(20)23-13)22-17(21)8-6-12-5-7-14(18)15(19)10-12/h2,4-5,7,10-11,13,18-19H,3,6,8-9H2,1H3/t11-,13-/m0/s1. The van der Waals surface area contributed by atoms with Gasteiger partial charge in [0.05, 0.1) is 0 Å². The molecule has 0 fully saturated rings. The van der Waals surface area contributed by atoms with Gasteiger partial charge in [0.15, 0.2) is 11.5 Å². The minimum atomic E-state index is -0.369. The van der Waals surface area contributed by atoms with Crippen molar-refractivity contribution in [3.8, 4) is 11.5 Å². The van der Waals surface area contributed by atoms with Crippen LogP contribution in [0.25, 0.3) is 0 Å². The Morgan fingerprint density at radius 2 is 2.17 bits per heavy atom. The molecule has 6 heteroatoms. The van der Waals surface area contributed by atoms with E-state index in [2.05, 4.69) is 0 Å². The van der Waals surface area contributed by atoms with Gasteiger partial charge < -0.3 is 19.7 Å². The van der Waals surface area contributed by atoms with Gasteiger partial charge in [0, 0.05) is 25.3 Å². The Labute approximate surface area is 134 Å². The molecule has 0 unspecified atom stereocenters. The summed E-state index contributed by atoms with van der Waals surface area (Å²) in [6, 6.07) is 4.43. The zero-order valence-corrected chi connectivity index (χ0v) is 12.9. The number of ether oxygens (including phenoxy) is 2. The molecule has 2 atom stereocenters. The third-order valence-corrected chi connectivity index (χ3v) is 3.52. The summed E-state index contributed by atoms with van der Waals surface area (Å²) >= 11 is 0. The Kier molecular flexibility index (Phi) is 5.62. The fourth-order valence-corrected chi connectivity index (χ4v) is 2.38. The summed E-state index contributed by atoms with van der Waals surface area (Å²) < 4.78 is 10.4. The van der Waals surface area contributed by atoms with E-state index in [1.807, 2.05) is 0 Å². The normalized spacial score (nSPS) is 18.3. The zero-order valence-electron chi connectivity index (χ0n) is 12.9. The molecular weight excluding hydrogens is 300 g/mol. The van der Waals surface area contributed by atoms with Crippen LogP contribution in [-0.2, 0) is 25.5 Å². The van der Waals surface area contributed by atoms with Gasteiger partial charge >= 0.3 is 11.9 Å². The summed E-state index contributed by atoms with van der Waals surface area (Å²) in [6.07, 6.45) is 4.19. The Hall–Kier alpha value is -2.50. The van der Waals surface area contributed by atoms with E-state index in [9.17, 15) is 19.8 Å². The van der Waals surface area contributed by atoms with Crippen molar-refractivity contribution < 1.29 is 29.3 Å². The molecule has 0 bridgehead atoms. The lowest BCUT2D eigenvalue weighted by molar-refractivity contribution is -0.152. The van der Waals surface area contributed by atoms with E-state index in [0.717, 1.165) is 5.56 Å². The lowest BCUT2D eigenvalue weighted by Crippen LogP contribution is -2.26. The third-order valence-electron chi connectivity index (χ3n) is 3.52. The smallest absolute Gasteiger partial charge is 0.330 e. The van der Waals surface area contributed by atoms with Gasteiger partial charge in [0.25, 0.3) is 0 Å². The molecule has 2 rings (SSSR count). The van der Waals surface area contributed by atoms with Crippen molar-refractivity contribution >= 4 is 11.9 Å². The molecular formula is C17H20O6. The maximum absolute atomic E-state index is 11.8. The molecule has 1 aromatic rings. The van der Waals surface area contributed by atoms with Gasteiger partial charge in [-0.15, -0.1) is 0 Å². The van der Waals surface area contributed by atoms with Crippen LogP contribution in [0.15, 0.2) is 30.4 Å². The van der Waals surface area contributed by atoms with E-state index >= 15 is 0 Å². The Balaban J connectivity index is 1.74. The summed E-state index contributed by atoms with van der Waals surface area (Å²) in [7, 11) is 0. The van der Waals surface area contributed by atoms with E-state index in [4.69, 9.17) is 9.47 Å². The van der Waals surface area contributed by atoms with Crippen LogP contribution in [0.5, 0.6) is 11.5 Å². The van der Waals surface area contributed by atoms with E-state index in [1.165, 1.54) is 18.2 Å². The molecule has 124 valence electrons. The first-order valence-electron chi connectivity index (χ1n) is 7.51. The van der Waals surface area contributed by atoms with Gasteiger partial charge in [-0.25, -0.2) is 4.79 Å². The molecule has 0 spiro atoms. The number of hydrogen-bond acceptors (Lipinski definition) is 6. The SMILES string of the molecule is C[C@@H](C[C@@H]1CC=CC(=O)O1)OC(=O)CCc1ccc(O)c(O)c1. The highest BCUT2D eigenvalue weighted by Crippen LogP contribution is 2.25. The predicted molar refractivity (Wildman–Crippen MR) is 81.9 cm³/mol. The van der Waals surface area contributed by atoms with Crippen LogP contribution >= 0.6 is 0 Å². The van der Waals surface area contributed by atoms with Gasteiger partial charge in [0.2, 0.25) is 0 Å². The number of aryl methyl sites for hydroxylation is 1. The second-order valence-electron chi connectivity index (χ2n) is 5.56. The largest absolute Gasteiger partial charge is 0.504 e. The molecule has 0 saturated carbocycles. The number of carbonyl (C=O) groups is 2. The molecule has 0 aromatic heterocycles. The van der Waals surface area contributed by atoms with Crippen LogP contribution in [0.4, 0.5) is 0 Å². The molecule has 2 N–H and O–H groups in total. The first-order valence-corrected chi connectivity index (χ1v) is 7.51. The lowest BCUT2D eigenvalue weighted by atomic mass is 10.1. The van der Waals surface area contributed by atoms with E-state index < -0.39 is 0 Å². The van der Waals surface area contributed by atoms with Crippen LogP contribution in [0, 0.1) is 0 Å². The average molecular weight is 320 g/mol. The van der Waals surface area contributed by atoms with E-state index in [1.54, 1.807) is 19.1 Å². The number of hydrogen-bond donors (Lipinski definition) is 2. The summed E-state index contributed by atoms with van der Waals surface area (Å²) in [6.45, 7) is 1.76. The molecule has 23 heavy (non-hydrogen) atoms. The Bertz CT molecular complexity index is 607. The predicted octanol–water partition coefficient (Wildman–Crippen LogP) is 2.22. The number of phenolic OH excluding ortho intramolecular Hbond substituents is 2. The number of carbonyl (C=O) groups excluding carboxylic acids is 2. The number of phenols is 2. The van der Waals surface area contributed by atoms with E-state index in [-0.39, 0.29) is 42.1 Å². The summed E-state index contributed by atoms with van der Waals surface area (Å²) in [4.78, 5) is 23.0. The van der Waals surface area contributed by atoms with Crippen molar-refractivity contribution in [3.63, 3.8) is 0 Å². The molecule has 1 heterocycles. The fourth-order valence-electron chi connectivity index (χ4n) is 2.38. The topological polar surface area (TPSA) is 93.1 Å². The van der Waals surface area contributed by atoms with Gasteiger partial charge in [-0.1, -0.05) is 12.1 Å². The maximum Gasteiger partial charge on any atom is 0.330 e. The van der Waals surface area contributed by atoms with Crippen LogP contribution in [-0.4, -0.2) is 34.4 Å². The van der Waals surface area contributed by atoms with Crippen LogP contribution in [0.1, 0.15) is 31.7 Å². The third kappa shape index (κ3) is 5.32. The molecule has 0 radical (unpaired) electrons. The molecule has 1 aliphatic rings. The molecule has 1 aliphatic heterocycles. The minimum Gasteiger partial charge on any atom is -0.504 e. The van der Waals surface area contributed by atoms with Gasteiger partial charge in [0.1, 0.15) is 12.2 Å². The number of cyclic esters (lactones) is 1. The summed E-state index contributed by atoms with van der Waals surface area (Å²) in [5.41, 5.74) is 0.733. The second kappa shape index (κ2) is 7.67. The number of aromatic hydroxyl groups is 2. The molecule has 0 aliphatic carbocycles. The zero-order chi connectivity index (χ0) is 16.8. The highest BCUT2D eigenvalue weighted by Gasteiger charge is 2.20. The average Bonchev–Trinajstić information content (AvgIpc) is 2.48. The van der Waals surface area contributed by atoms with Gasteiger partial charge in [-0.05, 0) is 31.0 Å². The van der Waals surface area contributed by atoms with Crippen molar-refractivity contribution in [1.82, 2.24) is 0 Å². The van der Waals surface area contributed by atoms with Gasteiger partial charge in [-0.2, -0.15) is 0 Å². The first-order chi connectivity index (χ1) is 10.9. The highest BCUT2D eigenvalue weighted by atomic mass is 16.6. The van der Waals surface area contributed by atoms with Crippen LogP contribution in [0.3, 0.4) is 0 Å². The molecule has 0 amide bonds. The lowest BCUT2D eigenvalue weighted by Gasteiger charge is -2.22. The van der Waals surface area contributed by atoms with Crippen molar-refractivity contribution in [1.29, 1.82) is 0 Å². The Morgan fingerprint density at radius 3 is 2.87 bits per heavy atom. The van der Waals surface area contributed by atoms with Gasteiger partial charge in [-0.3, -0.25) is 4.79 Å². The first kappa shape index (κ1) is 16.9. The van der Waals surface area contributed by atoms with Crippen LogP contribution in [0.2, 0.25) is 0 Å². The van der Waals surface area contributed by atoms with Crippen molar-refractivity contribution in [3.05, 3.63) is 35.9 Å². The van der Waals surface area contributed by atoms with Crippen molar-refractivity contribution in [2.75, 3.05) is 0 Å². The number of esters is 2. The quantitative estimate of drug-likeness (QED) is 0.617. The van der Waals surface area contributed by atoms with E-state index in [0.29, 0.717) is 19.3 Å². The Morgan fingerprint density at radius 1 is 1.39 bits per heavy atom. The van der Waals surface area contributed by atoms with Crippen molar-refractivity contribution in [2.24, 2.45) is 0 Å². The monoisotopic (exact) mass is 320 g/mol. The van der Waals surface area contributed by atoms with Crippen molar-refractivity contribution in [2.45, 2.75) is 44.8 Å². The summed E-state index contributed by atoms with van der Waals surface area (Å²) in [5, 5.41) is 18.6. The maximum atomic E-state index is 11.8. The molecule has 6 nitrogen and oxygen atoms in total. The minimum absolute atomic E-state index is 0.166. The molecule has 1 aromatic carbocycles. The highest BCUT2D eigenvalue weighted by molar-refractivity contribution is 5.82. The number of benzene rings is 1.